The maximum atomic E-state index is 12.1. The van der Waals surface area contributed by atoms with Crippen LogP contribution in [-0.4, -0.2) is 68.7 Å². The zero-order valence-electron chi connectivity index (χ0n) is 14.9. The molecule has 0 unspecified atom stereocenters. The third-order valence-electron chi connectivity index (χ3n) is 3.45. The van der Waals surface area contributed by atoms with Crippen molar-refractivity contribution in [1.82, 2.24) is 20.5 Å². The summed E-state index contributed by atoms with van der Waals surface area (Å²) in [5, 5.41) is 6.19. The number of amides is 1. The lowest BCUT2D eigenvalue weighted by molar-refractivity contribution is -0.128. The second kappa shape index (κ2) is 12.3. The summed E-state index contributed by atoms with van der Waals surface area (Å²) in [6, 6.07) is 5.80. The Balaban J connectivity index is 2.22. The molecule has 134 valence electrons. The molecule has 0 aliphatic rings. The largest absolute Gasteiger partial charge is 0.382 e. The average molecular weight is 335 g/mol. The molecule has 2 N–H and O–H groups in total. The van der Waals surface area contributed by atoms with Crippen LogP contribution in [0, 0.1) is 0 Å². The first-order chi connectivity index (χ1) is 11.7. The van der Waals surface area contributed by atoms with Crippen LogP contribution in [0.25, 0.3) is 0 Å². The van der Waals surface area contributed by atoms with E-state index in [0.717, 1.165) is 38.3 Å². The van der Waals surface area contributed by atoms with Gasteiger partial charge in [-0.15, -0.1) is 0 Å². The summed E-state index contributed by atoms with van der Waals surface area (Å²) in [6.45, 7) is 5.02. The Hall–Kier alpha value is -2.15. The molecule has 0 spiro atoms. The highest BCUT2D eigenvalue weighted by Crippen LogP contribution is 1.96. The molecule has 1 amide bonds. The van der Waals surface area contributed by atoms with Gasteiger partial charge in [0.25, 0.3) is 0 Å². The number of carbonyl (C=O) groups is 1. The molecular formula is C17H29N5O2. The highest BCUT2D eigenvalue weighted by Gasteiger charge is 2.09. The molecule has 0 atom stereocenters. The number of likely N-dealkylation sites (N-methyl/N-ethyl adjacent to an activating group) is 1. The van der Waals surface area contributed by atoms with Crippen LogP contribution in [0.3, 0.4) is 0 Å². The number of aliphatic imine (C=N–C) groups is 1. The number of hydrogen-bond donors (Lipinski definition) is 2. The van der Waals surface area contributed by atoms with E-state index in [0.29, 0.717) is 12.5 Å². The van der Waals surface area contributed by atoms with Gasteiger partial charge >= 0.3 is 0 Å². The number of nitrogens with zero attached hydrogens (tertiary/aromatic N) is 3. The minimum atomic E-state index is 0.0168. The molecule has 0 aromatic carbocycles. The first-order valence-corrected chi connectivity index (χ1v) is 8.33. The van der Waals surface area contributed by atoms with Crippen LogP contribution in [0.15, 0.2) is 29.4 Å². The number of ether oxygens (including phenoxy) is 1. The van der Waals surface area contributed by atoms with Gasteiger partial charge in [0.15, 0.2) is 5.96 Å². The van der Waals surface area contributed by atoms with Gasteiger partial charge in [-0.25, -0.2) is 0 Å². The van der Waals surface area contributed by atoms with E-state index in [1.165, 1.54) is 0 Å². The molecule has 24 heavy (non-hydrogen) atoms. The fourth-order valence-electron chi connectivity index (χ4n) is 1.99. The molecule has 1 aromatic heterocycles. The lowest BCUT2D eigenvalue weighted by Crippen LogP contribution is -2.44. The van der Waals surface area contributed by atoms with Crippen molar-refractivity contribution in [3.05, 3.63) is 30.1 Å². The number of carbonyl (C=O) groups excluding carboxylic acids is 1. The van der Waals surface area contributed by atoms with Crippen LogP contribution in [0.2, 0.25) is 0 Å². The Kier molecular flexibility index (Phi) is 10.2. The van der Waals surface area contributed by atoms with E-state index >= 15 is 0 Å². The van der Waals surface area contributed by atoms with Crippen LogP contribution < -0.4 is 10.6 Å². The molecule has 0 radical (unpaired) electrons. The maximum Gasteiger partial charge on any atom is 0.241 e. The number of guanidine groups is 1. The van der Waals surface area contributed by atoms with Crippen LogP contribution in [-0.2, 0) is 16.0 Å². The van der Waals surface area contributed by atoms with Gasteiger partial charge < -0.3 is 20.3 Å². The summed E-state index contributed by atoms with van der Waals surface area (Å²) in [4.78, 5) is 22.2. The number of aromatic nitrogens is 1. The average Bonchev–Trinajstić information content (AvgIpc) is 2.62. The van der Waals surface area contributed by atoms with Crippen molar-refractivity contribution in [2.24, 2.45) is 4.99 Å². The maximum absolute atomic E-state index is 12.1. The smallest absolute Gasteiger partial charge is 0.241 e. The lowest BCUT2D eigenvalue weighted by atomic mass is 10.2. The Morgan fingerprint density at radius 3 is 2.88 bits per heavy atom. The van der Waals surface area contributed by atoms with Crippen LogP contribution in [0.4, 0.5) is 0 Å². The Labute approximate surface area is 144 Å². The summed E-state index contributed by atoms with van der Waals surface area (Å²) in [5.41, 5.74) is 0.983. The summed E-state index contributed by atoms with van der Waals surface area (Å²) < 4.78 is 5.28. The molecule has 0 aliphatic carbocycles. The summed E-state index contributed by atoms with van der Waals surface area (Å²) in [6.07, 6.45) is 3.40. The fourth-order valence-corrected chi connectivity index (χ4v) is 1.99. The van der Waals surface area contributed by atoms with Crippen molar-refractivity contribution < 1.29 is 9.53 Å². The highest BCUT2D eigenvalue weighted by atomic mass is 16.5. The Bertz CT molecular complexity index is 493. The van der Waals surface area contributed by atoms with Crippen molar-refractivity contribution in [3.8, 4) is 0 Å². The van der Waals surface area contributed by atoms with Gasteiger partial charge in [0.1, 0.15) is 0 Å². The molecule has 0 fully saturated rings. The van der Waals surface area contributed by atoms with Crippen molar-refractivity contribution in [2.45, 2.75) is 19.8 Å². The molecule has 0 saturated carbocycles. The third-order valence-corrected chi connectivity index (χ3v) is 3.45. The third kappa shape index (κ3) is 8.47. The minimum absolute atomic E-state index is 0.0168. The van der Waals surface area contributed by atoms with Crippen molar-refractivity contribution in [2.75, 3.05) is 46.9 Å². The number of pyridine rings is 1. The monoisotopic (exact) mass is 335 g/mol. The molecule has 7 heteroatoms. The van der Waals surface area contributed by atoms with Gasteiger partial charge in [-0.05, 0) is 25.5 Å². The zero-order chi connectivity index (χ0) is 17.6. The second-order valence-electron chi connectivity index (χ2n) is 5.29. The molecule has 1 heterocycles. The summed E-state index contributed by atoms with van der Waals surface area (Å²) >= 11 is 0. The molecule has 0 aliphatic heterocycles. The van der Waals surface area contributed by atoms with E-state index in [4.69, 9.17) is 4.74 Å². The summed E-state index contributed by atoms with van der Waals surface area (Å²) in [7, 11) is 3.48. The van der Waals surface area contributed by atoms with E-state index in [2.05, 4.69) is 20.6 Å². The van der Waals surface area contributed by atoms with Crippen LogP contribution in [0.1, 0.15) is 19.0 Å². The first kappa shape index (κ1) is 19.9. The molecule has 7 nitrogen and oxygen atoms in total. The Morgan fingerprint density at radius 2 is 2.21 bits per heavy atom. The van der Waals surface area contributed by atoms with E-state index in [-0.39, 0.29) is 12.5 Å². The fraction of sp³-hybridized carbons (Fsp3) is 0.588. The number of nitrogens with one attached hydrogen (secondary N) is 2. The lowest BCUT2D eigenvalue weighted by Gasteiger charge is -2.18. The predicted molar refractivity (Wildman–Crippen MR) is 96.1 cm³/mol. The molecular weight excluding hydrogens is 306 g/mol. The van der Waals surface area contributed by atoms with Crippen molar-refractivity contribution >= 4 is 11.9 Å². The number of hydrogen-bond acceptors (Lipinski definition) is 4. The van der Waals surface area contributed by atoms with Gasteiger partial charge in [0.05, 0.1) is 6.54 Å². The van der Waals surface area contributed by atoms with Gasteiger partial charge in [-0.3, -0.25) is 14.8 Å². The van der Waals surface area contributed by atoms with Gasteiger partial charge in [0.2, 0.25) is 5.91 Å². The highest BCUT2D eigenvalue weighted by molar-refractivity contribution is 5.86. The van der Waals surface area contributed by atoms with Crippen molar-refractivity contribution in [3.63, 3.8) is 0 Å². The second-order valence-corrected chi connectivity index (χ2v) is 5.29. The molecule has 0 bridgehead atoms. The predicted octanol–water partition coefficient (Wildman–Crippen LogP) is 0.674. The summed E-state index contributed by atoms with van der Waals surface area (Å²) in [5.74, 6) is 0.640. The van der Waals surface area contributed by atoms with E-state index in [9.17, 15) is 4.79 Å². The molecule has 0 saturated heterocycles. The van der Waals surface area contributed by atoms with E-state index in [1.807, 2.05) is 25.1 Å². The van der Waals surface area contributed by atoms with E-state index in [1.54, 1.807) is 25.2 Å². The first-order valence-electron chi connectivity index (χ1n) is 8.33. The van der Waals surface area contributed by atoms with Crippen LogP contribution in [0.5, 0.6) is 0 Å². The quantitative estimate of drug-likeness (QED) is 0.373. The number of rotatable bonds is 10. The minimum Gasteiger partial charge on any atom is -0.382 e. The van der Waals surface area contributed by atoms with E-state index < -0.39 is 0 Å². The van der Waals surface area contributed by atoms with Gasteiger partial charge in [-0.2, -0.15) is 0 Å². The van der Waals surface area contributed by atoms with Crippen LogP contribution >= 0.6 is 0 Å². The van der Waals surface area contributed by atoms with Gasteiger partial charge in [0, 0.05) is 58.7 Å². The Morgan fingerprint density at radius 1 is 1.38 bits per heavy atom. The normalized spacial score (nSPS) is 11.2. The zero-order valence-corrected chi connectivity index (χ0v) is 14.9. The standard InChI is InChI=1S/C17H29N5O2/c1-4-24-13-7-11-20-17(18-2)21-14-16(23)22(3)12-9-15-8-5-6-10-19-15/h5-6,8,10H,4,7,9,11-14H2,1-3H3,(H2,18,20,21). The molecule has 1 rings (SSSR count). The van der Waals surface area contributed by atoms with Crippen molar-refractivity contribution in [1.29, 1.82) is 0 Å². The molecule has 1 aromatic rings. The van der Waals surface area contributed by atoms with Gasteiger partial charge in [-0.1, -0.05) is 6.07 Å². The topological polar surface area (TPSA) is 78.8 Å². The SMILES string of the molecule is CCOCCCNC(=NC)NCC(=O)N(C)CCc1ccccn1.